The van der Waals surface area contributed by atoms with Crippen molar-refractivity contribution in [1.29, 1.82) is 0 Å². The first-order valence-corrected chi connectivity index (χ1v) is 6.03. The van der Waals surface area contributed by atoms with Crippen molar-refractivity contribution < 1.29 is 0 Å². The molecule has 0 saturated heterocycles. The van der Waals surface area contributed by atoms with E-state index in [1.807, 2.05) is 6.07 Å². The molecule has 0 heterocycles. The van der Waals surface area contributed by atoms with Crippen molar-refractivity contribution in [3.8, 4) is 0 Å². The summed E-state index contributed by atoms with van der Waals surface area (Å²) >= 11 is 0. The second-order valence-electron chi connectivity index (χ2n) is 5.08. The van der Waals surface area contributed by atoms with Gasteiger partial charge in [-0.2, -0.15) is 0 Å². The number of nitrogen functional groups attached to an aromatic ring is 1. The van der Waals surface area contributed by atoms with Gasteiger partial charge in [-0.1, -0.05) is 25.8 Å². The molecule has 0 aromatic heterocycles. The number of anilines is 1. The molecule has 0 bridgehead atoms. The summed E-state index contributed by atoms with van der Waals surface area (Å²) in [6, 6.07) is 6.34. The largest absolute Gasteiger partial charge is 0.399 e. The van der Waals surface area contributed by atoms with Crippen LogP contribution < -0.4 is 5.73 Å². The second kappa shape index (κ2) is 4.26. The van der Waals surface area contributed by atoms with Gasteiger partial charge in [0.25, 0.3) is 0 Å². The first-order chi connectivity index (χ1) is 7.16. The fraction of sp³-hybridized carbons (Fsp3) is 0.571. The molecule has 0 radical (unpaired) electrons. The summed E-state index contributed by atoms with van der Waals surface area (Å²) in [7, 11) is 0. The third-order valence-corrected chi connectivity index (χ3v) is 3.68. The molecule has 2 rings (SSSR count). The standard InChI is InChI=1S/C14H21N/c1-10-4-3-5-12(8-10)14-9-13(15)7-6-11(14)2/h6-7,9-10,12H,3-5,8,15H2,1-2H3/t10-,12+/m0/s1. The molecule has 1 heteroatoms. The van der Waals surface area contributed by atoms with Gasteiger partial charge in [0.05, 0.1) is 0 Å². The molecule has 15 heavy (non-hydrogen) atoms. The van der Waals surface area contributed by atoms with Crippen LogP contribution in [0.4, 0.5) is 5.69 Å². The van der Waals surface area contributed by atoms with Crippen LogP contribution in [0, 0.1) is 12.8 Å². The topological polar surface area (TPSA) is 26.0 Å². The molecule has 1 aromatic rings. The highest BCUT2D eigenvalue weighted by Crippen LogP contribution is 2.37. The van der Waals surface area contributed by atoms with E-state index in [1.165, 1.54) is 36.8 Å². The summed E-state index contributed by atoms with van der Waals surface area (Å²) in [6.45, 7) is 4.57. The number of aryl methyl sites for hydroxylation is 1. The lowest BCUT2D eigenvalue weighted by molar-refractivity contribution is 0.343. The van der Waals surface area contributed by atoms with Gasteiger partial charge in [-0.3, -0.25) is 0 Å². The van der Waals surface area contributed by atoms with Gasteiger partial charge in [-0.05, 0) is 54.9 Å². The Morgan fingerprint density at radius 3 is 2.80 bits per heavy atom. The van der Waals surface area contributed by atoms with Crippen LogP contribution in [0.5, 0.6) is 0 Å². The van der Waals surface area contributed by atoms with Crippen molar-refractivity contribution in [2.45, 2.75) is 45.4 Å². The van der Waals surface area contributed by atoms with E-state index >= 15 is 0 Å². The highest BCUT2D eigenvalue weighted by Gasteiger charge is 2.21. The Kier molecular flexibility index (Phi) is 2.99. The lowest BCUT2D eigenvalue weighted by Gasteiger charge is -2.28. The summed E-state index contributed by atoms with van der Waals surface area (Å²) < 4.78 is 0. The van der Waals surface area contributed by atoms with Crippen molar-refractivity contribution in [3.63, 3.8) is 0 Å². The van der Waals surface area contributed by atoms with Crippen LogP contribution in [0.3, 0.4) is 0 Å². The Morgan fingerprint density at radius 1 is 1.27 bits per heavy atom. The van der Waals surface area contributed by atoms with Crippen molar-refractivity contribution in [2.75, 3.05) is 5.73 Å². The molecule has 1 aliphatic rings. The average molecular weight is 203 g/mol. The van der Waals surface area contributed by atoms with E-state index in [9.17, 15) is 0 Å². The number of hydrogen-bond acceptors (Lipinski definition) is 1. The predicted molar refractivity (Wildman–Crippen MR) is 66.0 cm³/mol. The number of benzene rings is 1. The first-order valence-electron chi connectivity index (χ1n) is 6.03. The lowest BCUT2D eigenvalue weighted by atomic mass is 9.77. The van der Waals surface area contributed by atoms with E-state index < -0.39 is 0 Å². The quantitative estimate of drug-likeness (QED) is 0.689. The smallest absolute Gasteiger partial charge is 0.0317 e. The summed E-state index contributed by atoms with van der Waals surface area (Å²) in [4.78, 5) is 0. The Balaban J connectivity index is 2.24. The molecule has 2 atom stereocenters. The fourth-order valence-corrected chi connectivity index (χ4v) is 2.82. The van der Waals surface area contributed by atoms with E-state index in [4.69, 9.17) is 5.73 Å². The molecule has 82 valence electrons. The summed E-state index contributed by atoms with van der Waals surface area (Å²) in [6.07, 6.45) is 5.46. The Morgan fingerprint density at radius 2 is 2.07 bits per heavy atom. The van der Waals surface area contributed by atoms with Crippen molar-refractivity contribution in [2.24, 2.45) is 5.92 Å². The molecule has 1 saturated carbocycles. The number of rotatable bonds is 1. The molecule has 1 aliphatic carbocycles. The molecule has 0 unspecified atom stereocenters. The van der Waals surface area contributed by atoms with E-state index in [-0.39, 0.29) is 0 Å². The Labute approximate surface area is 92.7 Å². The molecular formula is C14H21N. The van der Waals surface area contributed by atoms with Gasteiger partial charge in [0, 0.05) is 5.69 Å². The maximum absolute atomic E-state index is 5.87. The average Bonchev–Trinajstić information content (AvgIpc) is 2.22. The van der Waals surface area contributed by atoms with Crippen LogP contribution in [-0.4, -0.2) is 0 Å². The van der Waals surface area contributed by atoms with E-state index in [0.29, 0.717) is 0 Å². The van der Waals surface area contributed by atoms with Crippen LogP contribution in [0.1, 0.15) is 49.7 Å². The predicted octanol–water partition coefficient (Wildman–Crippen LogP) is 3.87. The van der Waals surface area contributed by atoms with Crippen LogP contribution >= 0.6 is 0 Å². The molecule has 1 nitrogen and oxygen atoms in total. The number of nitrogens with two attached hydrogens (primary N) is 1. The molecule has 0 spiro atoms. The van der Waals surface area contributed by atoms with Gasteiger partial charge >= 0.3 is 0 Å². The maximum Gasteiger partial charge on any atom is 0.0317 e. The first kappa shape index (κ1) is 10.5. The molecule has 0 aliphatic heterocycles. The molecule has 2 N–H and O–H groups in total. The third-order valence-electron chi connectivity index (χ3n) is 3.68. The van der Waals surface area contributed by atoms with Crippen LogP contribution in [0.25, 0.3) is 0 Å². The minimum atomic E-state index is 0.747. The van der Waals surface area contributed by atoms with Gasteiger partial charge in [-0.25, -0.2) is 0 Å². The SMILES string of the molecule is Cc1ccc(N)cc1[C@@H]1CCC[C@H](C)C1. The summed E-state index contributed by atoms with van der Waals surface area (Å²) in [5, 5.41) is 0. The fourth-order valence-electron chi connectivity index (χ4n) is 2.82. The van der Waals surface area contributed by atoms with E-state index in [0.717, 1.165) is 17.5 Å². The van der Waals surface area contributed by atoms with Crippen LogP contribution in [-0.2, 0) is 0 Å². The Bertz CT molecular complexity index is 343. The van der Waals surface area contributed by atoms with E-state index in [2.05, 4.69) is 26.0 Å². The number of hydrogen-bond donors (Lipinski definition) is 1. The highest BCUT2D eigenvalue weighted by atomic mass is 14.5. The van der Waals surface area contributed by atoms with Crippen LogP contribution in [0.15, 0.2) is 18.2 Å². The van der Waals surface area contributed by atoms with Crippen molar-refractivity contribution in [3.05, 3.63) is 29.3 Å². The van der Waals surface area contributed by atoms with Gasteiger partial charge in [-0.15, -0.1) is 0 Å². The van der Waals surface area contributed by atoms with Gasteiger partial charge in [0.2, 0.25) is 0 Å². The minimum Gasteiger partial charge on any atom is -0.399 e. The maximum atomic E-state index is 5.87. The zero-order valence-corrected chi connectivity index (χ0v) is 9.79. The second-order valence-corrected chi connectivity index (χ2v) is 5.08. The zero-order valence-electron chi connectivity index (χ0n) is 9.79. The minimum absolute atomic E-state index is 0.747. The van der Waals surface area contributed by atoms with Crippen molar-refractivity contribution in [1.82, 2.24) is 0 Å². The summed E-state index contributed by atoms with van der Waals surface area (Å²) in [5.74, 6) is 1.63. The van der Waals surface area contributed by atoms with Gasteiger partial charge in [0.15, 0.2) is 0 Å². The molecule has 1 aromatic carbocycles. The van der Waals surface area contributed by atoms with E-state index in [1.54, 1.807) is 0 Å². The Hall–Kier alpha value is -0.980. The normalized spacial score (nSPS) is 26.5. The zero-order chi connectivity index (χ0) is 10.8. The summed E-state index contributed by atoms with van der Waals surface area (Å²) in [5.41, 5.74) is 9.67. The van der Waals surface area contributed by atoms with Crippen molar-refractivity contribution >= 4 is 5.69 Å². The van der Waals surface area contributed by atoms with Gasteiger partial charge < -0.3 is 5.73 Å². The molecular weight excluding hydrogens is 182 g/mol. The molecule has 1 fully saturated rings. The molecule has 0 amide bonds. The van der Waals surface area contributed by atoms with Gasteiger partial charge in [0.1, 0.15) is 0 Å². The van der Waals surface area contributed by atoms with Crippen LogP contribution in [0.2, 0.25) is 0 Å². The monoisotopic (exact) mass is 203 g/mol. The third kappa shape index (κ3) is 2.34. The lowest BCUT2D eigenvalue weighted by Crippen LogP contribution is -2.12. The highest BCUT2D eigenvalue weighted by molar-refractivity contribution is 5.45.